The zero-order valence-corrected chi connectivity index (χ0v) is 18.5. The summed E-state index contributed by atoms with van der Waals surface area (Å²) in [4.78, 5) is 41.9. The van der Waals surface area contributed by atoms with Gasteiger partial charge in [-0.1, -0.05) is 12.1 Å². The Morgan fingerprint density at radius 1 is 1.09 bits per heavy atom. The number of primary amides is 1. The Bertz CT molecular complexity index is 1100. The van der Waals surface area contributed by atoms with Gasteiger partial charge in [0, 0.05) is 36.7 Å². The van der Waals surface area contributed by atoms with E-state index in [4.69, 9.17) is 10.2 Å². The molecule has 3 heterocycles. The van der Waals surface area contributed by atoms with Crippen LogP contribution in [0.5, 0.6) is 0 Å². The molecule has 3 N–H and O–H groups in total. The zero-order valence-electron chi connectivity index (χ0n) is 18.5. The molecule has 0 spiro atoms. The highest BCUT2D eigenvalue weighted by atomic mass is 16.3. The second-order valence-corrected chi connectivity index (χ2v) is 8.91. The zero-order chi connectivity index (χ0) is 22.9. The van der Waals surface area contributed by atoms with E-state index in [1.807, 2.05) is 41.3 Å². The van der Waals surface area contributed by atoms with Gasteiger partial charge in [0.25, 0.3) is 0 Å². The molecule has 1 saturated heterocycles. The number of benzene rings is 1. The van der Waals surface area contributed by atoms with Crippen molar-refractivity contribution in [1.82, 2.24) is 4.90 Å². The van der Waals surface area contributed by atoms with Crippen molar-refractivity contribution >= 4 is 29.0 Å². The third-order valence-electron chi connectivity index (χ3n) is 6.91. The topological polar surface area (TPSA) is 109 Å². The Kier molecular flexibility index (Phi) is 5.66. The molecule has 2 amide bonds. The van der Waals surface area contributed by atoms with Crippen LogP contribution in [0.3, 0.4) is 0 Å². The Labute approximate surface area is 192 Å². The maximum atomic E-state index is 13.4. The molecule has 8 heteroatoms. The number of amides is 2. The first kappa shape index (κ1) is 21.3. The Balaban J connectivity index is 1.52. The van der Waals surface area contributed by atoms with Gasteiger partial charge in [0.15, 0.2) is 5.78 Å². The van der Waals surface area contributed by atoms with Crippen molar-refractivity contribution in [2.45, 2.75) is 38.1 Å². The van der Waals surface area contributed by atoms with Crippen LogP contribution in [0.15, 0.2) is 58.3 Å². The SMILES string of the molecule is NC(=O)C1CCN(C(=O)CN2c3ccccc3NC3=C(C(=O)CCC3)C2c2ccco2)CC1. The molecular weight excluding hydrogens is 420 g/mol. The number of rotatable bonds is 4. The highest BCUT2D eigenvalue weighted by Crippen LogP contribution is 2.44. The van der Waals surface area contributed by atoms with Gasteiger partial charge in [0.05, 0.1) is 24.2 Å². The minimum absolute atomic E-state index is 0.0448. The number of piperidine rings is 1. The van der Waals surface area contributed by atoms with Crippen molar-refractivity contribution in [3.05, 3.63) is 59.7 Å². The van der Waals surface area contributed by atoms with Crippen LogP contribution in [-0.2, 0) is 14.4 Å². The van der Waals surface area contributed by atoms with E-state index < -0.39 is 6.04 Å². The van der Waals surface area contributed by atoms with Crippen LogP contribution < -0.4 is 16.0 Å². The number of Topliss-reactive ketones (excluding diaryl/α,β-unsaturated/α-hetero) is 1. The fraction of sp³-hybridized carbons (Fsp3) is 0.400. The molecule has 1 aromatic heterocycles. The standard InChI is InChI=1S/C25H28N4O4/c26-25(32)16-10-12-28(13-11-16)22(31)15-29-19-7-2-1-5-17(19)27-18-6-3-8-20(30)23(18)24(29)21-9-4-14-33-21/h1-2,4-5,7,9,14,16,24,27H,3,6,8,10-13,15H2,(H2,26,32). The van der Waals surface area contributed by atoms with Crippen LogP contribution in [0.1, 0.15) is 43.9 Å². The van der Waals surface area contributed by atoms with E-state index in [1.54, 1.807) is 11.2 Å². The van der Waals surface area contributed by atoms with Gasteiger partial charge in [-0.2, -0.15) is 0 Å². The first-order valence-electron chi connectivity index (χ1n) is 11.5. The molecule has 0 bridgehead atoms. The molecule has 3 aliphatic rings. The smallest absolute Gasteiger partial charge is 0.242 e. The number of carbonyl (C=O) groups is 3. The predicted octanol–water partition coefficient (Wildman–Crippen LogP) is 2.98. The van der Waals surface area contributed by atoms with Gasteiger partial charge in [-0.05, 0) is 49.9 Å². The van der Waals surface area contributed by atoms with Crippen LogP contribution in [0, 0.1) is 5.92 Å². The second kappa shape index (κ2) is 8.77. The van der Waals surface area contributed by atoms with Crippen LogP contribution >= 0.6 is 0 Å². The number of hydrogen-bond donors (Lipinski definition) is 2. The van der Waals surface area contributed by atoms with E-state index in [-0.39, 0.29) is 30.1 Å². The van der Waals surface area contributed by atoms with Gasteiger partial charge < -0.3 is 25.3 Å². The predicted molar refractivity (Wildman–Crippen MR) is 123 cm³/mol. The number of carbonyl (C=O) groups excluding carboxylic acids is 3. The molecule has 33 heavy (non-hydrogen) atoms. The van der Waals surface area contributed by atoms with Gasteiger partial charge >= 0.3 is 0 Å². The van der Waals surface area contributed by atoms with Crippen molar-refractivity contribution in [3.8, 4) is 0 Å². The first-order chi connectivity index (χ1) is 16.0. The van der Waals surface area contributed by atoms with Crippen molar-refractivity contribution in [2.24, 2.45) is 11.7 Å². The Morgan fingerprint density at radius 2 is 1.88 bits per heavy atom. The lowest BCUT2D eigenvalue weighted by Gasteiger charge is -2.36. The monoisotopic (exact) mass is 448 g/mol. The average Bonchev–Trinajstić information content (AvgIpc) is 3.30. The summed E-state index contributed by atoms with van der Waals surface area (Å²) >= 11 is 0. The van der Waals surface area contributed by atoms with E-state index in [0.717, 1.165) is 29.9 Å². The lowest BCUT2D eigenvalue weighted by atomic mass is 9.88. The molecule has 1 aromatic carbocycles. The number of fused-ring (bicyclic) bond motifs is 1. The van der Waals surface area contributed by atoms with Gasteiger partial charge in [0.1, 0.15) is 11.8 Å². The third-order valence-corrected chi connectivity index (χ3v) is 6.91. The lowest BCUT2D eigenvalue weighted by molar-refractivity contribution is -0.133. The van der Waals surface area contributed by atoms with Crippen molar-refractivity contribution in [3.63, 3.8) is 0 Å². The summed E-state index contributed by atoms with van der Waals surface area (Å²) in [7, 11) is 0. The number of furan rings is 1. The summed E-state index contributed by atoms with van der Waals surface area (Å²) in [6.07, 6.45) is 4.81. The van der Waals surface area contributed by atoms with E-state index in [1.165, 1.54) is 0 Å². The van der Waals surface area contributed by atoms with Crippen LogP contribution in [-0.4, -0.2) is 42.1 Å². The Morgan fingerprint density at radius 3 is 2.61 bits per heavy atom. The molecule has 0 saturated carbocycles. The number of nitrogens with one attached hydrogen (secondary N) is 1. The van der Waals surface area contributed by atoms with E-state index in [9.17, 15) is 14.4 Å². The largest absolute Gasteiger partial charge is 0.467 e. The fourth-order valence-electron chi connectivity index (χ4n) is 5.18. The summed E-state index contributed by atoms with van der Waals surface area (Å²) in [5.41, 5.74) is 8.74. The summed E-state index contributed by atoms with van der Waals surface area (Å²) in [5.74, 6) is 0.189. The number of hydrogen-bond acceptors (Lipinski definition) is 6. The highest BCUT2D eigenvalue weighted by molar-refractivity contribution is 6.01. The third kappa shape index (κ3) is 4.01. The molecule has 172 valence electrons. The summed E-state index contributed by atoms with van der Waals surface area (Å²) in [6, 6.07) is 11.0. The van der Waals surface area contributed by atoms with Crippen molar-refractivity contribution in [2.75, 3.05) is 29.9 Å². The van der Waals surface area contributed by atoms with Gasteiger partial charge in [0.2, 0.25) is 11.8 Å². The molecule has 1 unspecified atom stereocenters. The quantitative estimate of drug-likeness (QED) is 0.744. The van der Waals surface area contributed by atoms with Crippen molar-refractivity contribution < 1.29 is 18.8 Å². The molecule has 1 aliphatic carbocycles. The average molecular weight is 449 g/mol. The van der Waals surface area contributed by atoms with Crippen LogP contribution in [0.4, 0.5) is 11.4 Å². The minimum Gasteiger partial charge on any atom is -0.467 e. The molecule has 1 fully saturated rings. The van der Waals surface area contributed by atoms with Gasteiger partial charge in [-0.25, -0.2) is 0 Å². The number of likely N-dealkylation sites (tertiary alicyclic amines) is 1. The molecule has 5 rings (SSSR count). The van der Waals surface area contributed by atoms with E-state index in [0.29, 0.717) is 43.7 Å². The molecule has 1 atom stereocenters. The number of allylic oxidation sites excluding steroid dienone is 1. The second-order valence-electron chi connectivity index (χ2n) is 8.91. The Hall–Kier alpha value is -3.55. The summed E-state index contributed by atoms with van der Waals surface area (Å²) in [6.45, 7) is 1.09. The highest BCUT2D eigenvalue weighted by Gasteiger charge is 2.39. The van der Waals surface area contributed by atoms with Crippen molar-refractivity contribution in [1.29, 1.82) is 0 Å². The first-order valence-corrected chi connectivity index (χ1v) is 11.5. The number of anilines is 2. The maximum Gasteiger partial charge on any atom is 0.242 e. The molecule has 8 nitrogen and oxygen atoms in total. The number of ketones is 1. The summed E-state index contributed by atoms with van der Waals surface area (Å²) < 4.78 is 5.81. The molecule has 2 aromatic rings. The minimum atomic E-state index is -0.494. The number of nitrogens with two attached hydrogens (primary N) is 1. The maximum absolute atomic E-state index is 13.4. The normalized spacial score (nSPS) is 21.2. The molecule has 0 radical (unpaired) electrons. The van der Waals surface area contributed by atoms with Gasteiger partial charge in [-0.15, -0.1) is 0 Å². The molecular formula is C25H28N4O4. The number of nitrogens with zero attached hydrogens (tertiary/aromatic N) is 2. The van der Waals surface area contributed by atoms with Crippen LogP contribution in [0.25, 0.3) is 0 Å². The number of para-hydroxylation sites is 2. The van der Waals surface area contributed by atoms with E-state index in [2.05, 4.69) is 5.32 Å². The fourth-order valence-corrected chi connectivity index (χ4v) is 5.18. The van der Waals surface area contributed by atoms with Gasteiger partial charge in [-0.3, -0.25) is 14.4 Å². The van der Waals surface area contributed by atoms with E-state index >= 15 is 0 Å². The van der Waals surface area contributed by atoms with Crippen LogP contribution in [0.2, 0.25) is 0 Å². The molecule has 2 aliphatic heterocycles. The summed E-state index contributed by atoms with van der Waals surface area (Å²) in [5, 5.41) is 3.48. The lowest BCUT2D eigenvalue weighted by Crippen LogP contribution is -2.47.